The molecule has 0 radical (unpaired) electrons. The van der Waals surface area contributed by atoms with E-state index in [1.807, 2.05) is 0 Å². The average molecular weight is 503 g/mol. The van der Waals surface area contributed by atoms with Gasteiger partial charge < -0.3 is 10.1 Å². The molecule has 1 amide bonds. The molecule has 0 spiro atoms. The number of para-hydroxylation sites is 1. The van der Waals surface area contributed by atoms with Crippen LogP contribution in [0.5, 0.6) is 5.75 Å². The zero-order valence-corrected chi connectivity index (χ0v) is 20.7. The number of anilines is 1. The molecule has 9 heteroatoms. The lowest BCUT2D eigenvalue weighted by molar-refractivity contribution is -0.119. The van der Waals surface area contributed by atoms with Crippen LogP contribution < -0.4 is 14.4 Å². The topological polar surface area (TPSA) is 75.7 Å². The van der Waals surface area contributed by atoms with Gasteiger partial charge >= 0.3 is 0 Å². The third-order valence-corrected chi connectivity index (χ3v) is 7.85. The summed E-state index contributed by atoms with van der Waals surface area (Å²) in [6, 6.07) is 19.7. The van der Waals surface area contributed by atoms with Crippen molar-refractivity contribution >= 4 is 33.4 Å². The van der Waals surface area contributed by atoms with Crippen LogP contribution in [0.25, 0.3) is 0 Å². The van der Waals surface area contributed by atoms with Crippen molar-refractivity contribution in [2.45, 2.75) is 17.6 Å². The lowest BCUT2D eigenvalue weighted by atomic mass is 10.2. The van der Waals surface area contributed by atoms with Gasteiger partial charge in [0.05, 0.1) is 17.7 Å². The first-order chi connectivity index (χ1) is 16.3. The van der Waals surface area contributed by atoms with E-state index in [0.717, 1.165) is 4.31 Å². The van der Waals surface area contributed by atoms with Crippen LogP contribution in [0.1, 0.15) is 11.1 Å². The zero-order valence-electron chi connectivity index (χ0n) is 19.0. The maximum Gasteiger partial charge on any atom is 0.264 e. The Labute approximate surface area is 204 Å². The van der Waals surface area contributed by atoms with E-state index in [9.17, 15) is 17.6 Å². The maximum atomic E-state index is 13.7. The molecule has 0 saturated carbocycles. The molecule has 180 valence electrons. The molecule has 0 aliphatic heterocycles. The van der Waals surface area contributed by atoms with Gasteiger partial charge in [0.25, 0.3) is 10.0 Å². The number of thioether (sulfide) groups is 1. The summed E-state index contributed by atoms with van der Waals surface area (Å²) in [6.45, 7) is 1.73. The van der Waals surface area contributed by atoms with Gasteiger partial charge in [-0.05, 0) is 54.4 Å². The van der Waals surface area contributed by atoms with Crippen LogP contribution in [0.4, 0.5) is 10.1 Å². The number of nitrogens with one attached hydrogen (secondary N) is 1. The van der Waals surface area contributed by atoms with E-state index in [0.29, 0.717) is 40.6 Å². The number of carbonyl (C=O) groups excluding carboxylic acids is 1. The Hall–Kier alpha value is -3.04. The number of amides is 1. The minimum absolute atomic E-state index is 0.0721. The molecule has 3 rings (SSSR count). The SMILES string of the molecule is COc1ccc(S(=O)(=O)N(CC(=O)NCCSCc2ccccc2F)c2ccccc2)cc1C. The molecule has 0 aliphatic rings. The number of hydrogen-bond donors (Lipinski definition) is 1. The first kappa shape index (κ1) is 25.6. The Balaban J connectivity index is 1.66. The van der Waals surface area contributed by atoms with E-state index < -0.39 is 15.9 Å². The van der Waals surface area contributed by atoms with E-state index in [4.69, 9.17) is 4.74 Å². The van der Waals surface area contributed by atoms with Crippen LogP contribution in [0.3, 0.4) is 0 Å². The van der Waals surface area contributed by atoms with Crippen LogP contribution in [-0.2, 0) is 20.6 Å². The number of ether oxygens (including phenoxy) is 1. The highest BCUT2D eigenvalue weighted by Crippen LogP contribution is 2.27. The number of sulfonamides is 1. The fourth-order valence-electron chi connectivity index (χ4n) is 3.29. The first-order valence-corrected chi connectivity index (χ1v) is 13.2. The first-order valence-electron chi connectivity index (χ1n) is 10.6. The molecule has 0 saturated heterocycles. The molecular weight excluding hydrogens is 475 g/mol. The van der Waals surface area contributed by atoms with Crippen molar-refractivity contribution in [1.82, 2.24) is 5.32 Å². The zero-order chi connectivity index (χ0) is 24.6. The van der Waals surface area contributed by atoms with Crippen LogP contribution in [-0.4, -0.2) is 40.3 Å². The van der Waals surface area contributed by atoms with E-state index in [1.165, 1.54) is 37.1 Å². The van der Waals surface area contributed by atoms with Gasteiger partial charge in [0, 0.05) is 18.1 Å². The normalized spacial score (nSPS) is 11.1. The second-order valence-corrected chi connectivity index (χ2v) is 10.4. The molecule has 3 aromatic carbocycles. The van der Waals surface area contributed by atoms with Crippen molar-refractivity contribution in [1.29, 1.82) is 0 Å². The van der Waals surface area contributed by atoms with Crippen LogP contribution >= 0.6 is 11.8 Å². The van der Waals surface area contributed by atoms with Crippen molar-refractivity contribution in [3.8, 4) is 5.75 Å². The summed E-state index contributed by atoms with van der Waals surface area (Å²) in [5.74, 6) is 0.955. The lowest BCUT2D eigenvalue weighted by Gasteiger charge is -2.24. The average Bonchev–Trinajstić information content (AvgIpc) is 2.83. The van der Waals surface area contributed by atoms with E-state index >= 15 is 0 Å². The summed E-state index contributed by atoms with van der Waals surface area (Å²) in [6.07, 6.45) is 0. The molecule has 0 aliphatic carbocycles. The van der Waals surface area contributed by atoms with Crippen LogP contribution in [0.15, 0.2) is 77.7 Å². The number of benzene rings is 3. The Morgan fingerprint density at radius 1 is 1.06 bits per heavy atom. The van der Waals surface area contributed by atoms with Gasteiger partial charge in [-0.25, -0.2) is 12.8 Å². The minimum Gasteiger partial charge on any atom is -0.496 e. The summed E-state index contributed by atoms with van der Waals surface area (Å²) in [5, 5.41) is 2.76. The predicted molar refractivity (Wildman–Crippen MR) is 134 cm³/mol. The number of methoxy groups -OCH3 is 1. The number of aryl methyl sites for hydroxylation is 1. The Kier molecular flexibility index (Phi) is 8.95. The minimum atomic E-state index is -4.00. The van der Waals surface area contributed by atoms with Crippen LogP contribution in [0.2, 0.25) is 0 Å². The molecule has 0 aromatic heterocycles. The van der Waals surface area contributed by atoms with Crippen molar-refractivity contribution in [3.05, 3.63) is 89.7 Å². The summed E-state index contributed by atoms with van der Waals surface area (Å²) >= 11 is 1.49. The highest BCUT2D eigenvalue weighted by molar-refractivity contribution is 7.98. The van der Waals surface area contributed by atoms with E-state index in [1.54, 1.807) is 61.5 Å². The van der Waals surface area contributed by atoms with Gasteiger partial charge in [0.1, 0.15) is 18.1 Å². The summed E-state index contributed by atoms with van der Waals surface area (Å²) in [4.78, 5) is 12.7. The van der Waals surface area contributed by atoms with Gasteiger partial charge in [0.2, 0.25) is 5.91 Å². The van der Waals surface area contributed by atoms with Gasteiger partial charge in [-0.1, -0.05) is 36.4 Å². The highest BCUT2D eigenvalue weighted by atomic mass is 32.2. The fourth-order valence-corrected chi connectivity index (χ4v) is 5.65. The Bertz CT molecular complexity index is 1220. The lowest BCUT2D eigenvalue weighted by Crippen LogP contribution is -2.41. The fraction of sp³-hybridized carbons (Fsp3) is 0.240. The van der Waals surface area contributed by atoms with Crippen molar-refractivity contribution in [2.24, 2.45) is 0 Å². The number of rotatable bonds is 11. The quantitative estimate of drug-likeness (QED) is 0.394. The molecule has 1 N–H and O–H groups in total. The monoisotopic (exact) mass is 502 g/mol. The number of nitrogens with zero attached hydrogens (tertiary/aromatic N) is 1. The molecule has 0 atom stereocenters. The van der Waals surface area contributed by atoms with Crippen molar-refractivity contribution in [2.75, 3.05) is 30.3 Å². The number of halogens is 1. The summed E-state index contributed by atoms with van der Waals surface area (Å²) < 4.78 is 46.9. The van der Waals surface area contributed by atoms with Gasteiger partial charge in [-0.2, -0.15) is 11.8 Å². The van der Waals surface area contributed by atoms with Gasteiger partial charge in [-0.15, -0.1) is 0 Å². The molecule has 0 heterocycles. The third kappa shape index (κ3) is 6.51. The Morgan fingerprint density at radius 3 is 2.44 bits per heavy atom. The number of hydrogen-bond acceptors (Lipinski definition) is 5. The third-order valence-electron chi connectivity index (χ3n) is 5.07. The predicted octanol–water partition coefficient (Wildman–Crippen LogP) is 4.39. The molecule has 0 bridgehead atoms. The summed E-state index contributed by atoms with van der Waals surface area (Å²) in [5.41, 5.74) is 1.67. The van der Waals surface area contributed by atoms with Crippen molar-refractivity contribution in [3.63, 3.8) is 0 Å². The standard InChI is InChI=1S/C25H27FN2O4S2/c1-19-16-22(12-13-24(19)32-2)34(30,31)28(21-9-4-3-5-10-21)17-25(29)27-14-15-33-18-20-8-6-7-11-23(20)26/h3-13,16H,14-15,17-18H2,1-2H3,(H,27,29). The van der Waals surface area contributed by atoms with Crippen LogP contribution in [0, 0.1) is 12.7 Å². The molecule has 0 unspecified atom stereocenters. The molecule has 3 aromatic rings. The number of carbonyl (C=O) groups is 1. The second-order valence-electron chi connectivity index (χ2n) is 7.47. The van der Waals surface area contributed by atoms with Crippen molar-refractivity contribution < 1.29 is 22.3 Å². The molecular formula is C25H27FN2O4S2. The molecule has 0 fully saturated rings. The highest BCUT2D eigenvalue weighted by Gasteiger charge is 2.27. The second kappa shape index (κ2) is 11.9. The maximum absolute atomic E-state index is 13.7. The summed E-state index contributed by atoms with van der Waals surface area (Å²) in [7, 11) is -2.48. The molecule has 6 nitrogen and oxygen atoms in total. The Morgan fingerprint density at radius 2 is 1.76 bits per heavy atom. The molecule has 34 heavy (non-hydrogen) atoms. The van der Waals surface area contributed by atoms with Gasteiger partial charge in [0.15, 0.2) is 0 Å². The van der Waals surface area contributed by atoms with Gasteiger partial charge in [-0.3, -0.25) is 9.10 Å². The van der Waals surface area contributed by atoms with E-state index in [-0.39, 0.29) is 17.3 Å². The largest absolute Gasteiger partial charge is 0.496 e. The smallest absolute Gasteiger partial charge is 0.264 e. The van der Waals surface area contributed by atoms with E-state index in [2.05, 4.69) is 5.32 Å².